The third-order valence-corrected chi connectivity index (χ3v) is 1.37. The van der Waals surface area contributed by atoms with Gasteiger partial charge in [0.25, 0.3) is 0 Å². The zero-order valence-corrected chi connectivity index (χ0v) is 6.09. The highest BCUT2D eigenvalue weighted by Crippen LogP contribution is 1.95. The van der Waals surface area contributed by atoms with E-state index in [2.05, 4.69) is 18.2 Å². The molecule has 0 aromatic heterocycles. The molecular formula is C8H11N2+. The third kappa shape index (κ3) is 1.06. The fourth-order valence-corrected chi connectivity index (χ4v) is 0.913. The van der Waals surface area contributed by atoms with Crippen molar-refractivity contribution in [3.63, 3.8) is 0 Å². The monoisotopic (exact) mass is 135 g/mol. The summed E-state index contributed by atoms with van der Waals surface area (Å²) >= 11 is 0. The van der Waals surface area contributed by atoms with Gasteiger partial charge in [0, 0.05) is 6.08 Å². The van der Waals surface area contributed by atoms with E-state index in [9.17, 15) is 0 Å². The summed E-state index contributed by atoms with van der Waals surface area (Å²) in [5.41, 5.74) is 1.02. The molecule has 1 rings (SSSR count). The fraction of sp³-hybridized carbons (Fsp3) is 0.125. The van der Waals surface area contributed by atoms with Crippen molar-refractivity contribution < 1.29 is 4.90 Å². The summed E-state index contributed by atoms with van der Waals surface area (Å²) in [5, 5.41) is 0. The van der Waals surface area contributed by atoms with Crippen molar-refractivity contribution in [1.29, 1.82) is 0 Å². The van der Waals surface area contributed by atoms with Crippen molar-refractivity contribution in [2.75, 3.05) is 0 Å². The Labute approximate surface area is 60.9 Å². The molecule has 1 unspecified atom stereocenters. The molecule has 0 aliphatic carbocycles. The van der Waals surface area contributed by atoms with Gasteiger partial charge in [-0.2, -0.15) is 4.99 Å². The summed E-state index contributed by atoms with van der Waals surface area (Å²) in [6.45, 7) is 9.27. The van der Waals surface area contributed by atoms with E-state index in [4.69, 9.17) is 0 Å². The van der Waals surface area contributed by atoms with E-state index in [1.54, 1.807) is 12.3 Å². The van der Waals surface area contributed by atoms with Crippen LogP contribution in [0.15, 0.2) is 42.3 Å². The molecule has 0 aromatic rings. The molecule has 0 fully saturated rings. The van der Waals surface area contributed by atoms with E-state index < -0.39 is 0 Å². The van der Waals surface area contributed by atoms with Crippen molar-refractivity contribution in [3.05, 3.63) is 37.3 Å². The van der Waals surface area contributed by atoms with Crippen LogP contribution in [-0.4, -0.2) is 5.84 Å². The smallest absolute Gasteiger partial charge is 0.233 e. The second-order valence-electron chi connectivity index (χ2n) is 2.15. The Morgan fingerprint density at radius 1 is 1.60 bits per heavy atom. The lowest BCUT2D eigenvalue weighted by molar-refractivity contribution is -0.678. The summed E-state index contributed by atoms with van der Waals surface area (Å²) in [7, 11) is 0. The van der Waals surface area contributed by atoms with E-state index in [0.717, 1.165) is 16.4 Å². The number of nitrogens with one attached hydrogen (secondary N) is 1. The SMILES string of the molecule is C=CC1=NC(C)=C[NH+]1C=C. The minimum Gasteiger partial charge on any atom is -0.233 e. The molecule has 1 N–H and O–H groups in total. The van der Waals surface area contributed by atoms with Crippen LogP contribution in [0, 0.1) is 0 Å². The molecule has 1 aliphatic heterocycles. The summed E-state index contributed by atoms with van der Waals surface area (Å²) in [5.74, 6) is 0.924. The van der Waals surface area contributed by atoms with Gasteiger partial charge >= 0.3 is 0 Å². The van der Waals surface area contributed by atoms with Gasteiger partial charge in [-0.3, -0.25) is 0 Å². The van der Waals surface area contributed by atoms with Gasteiger partial charge in [-0.15, -0.1) is 0 Å². The average Bonchev–Trinajstić information content (AvgIpc) is 2.30. The average molecular weight is 135 g/mol. The first-order valence-corrected chi connectivity index (χ1v) is 3.17. The lowest BCUT2D eigenvalue weighted by atomic mass is 10.5. The minimum atomic E-state index is 0.924. The Morgan fingerprint density at radius 2 is 2.30 bits per heavy atom. The molecule has 2 heteroatoms. The molecule has 0 radical (unpaired) electrons. The quantitative estimate of drug-likeness (QED) is 0.567. The number of hydrogen-bond acceptors (Lipinski definition) is 1. The van der Waals surface area contributed by atoms with Gasteiger partial charge in [-0.25, -0.2) is 4.90 Å². The molecule has 2 nitrogen and oxygen atoms in total. The van der Waals surface area contributed by atoms with E-state index >= 15 is 0 Å². The Bertz CT molecular complexity index is 223. The molecule has 0 spiro atoms. The lowest BCUT2D eigenvalue weighted by Crippen LogP contribution is -3.04. The maximum absolute atomic E-state index is 4.21. The fourth-order valence-electron chi connectivity index (χ4n) is 0.913. The van der Waals surface area contributed by atoms with E-state index in [-0.39, 0.29) is 0 Å². The van der Waals surface area contributed by atoms with E-state index in [1.165, 1.54) is 0 Å². The first-order valence-electron chi connectivity index (χ1n) is 3.17. The summed E-state index contributed by atoms with van der Waals surface area (Å²) in [4.78, 5) is 5.27. The van der Waals surface area contributed by atoms with Crippen LogP contribution in [0.1, 0.15) is 6.92 Å². The van der Waals surface area contributed by atoms with Crippen LogP contribution in [0.5, 0.6) is 0 Å². The van der Waals surface area contributed by atoms with E-state index in [1.807, 2.05) is 13.1 Å². The van der Waals surface area contributed by atoms with E-state index in [0.29, 0.717) is 0 Å². The van der Waals surface area contributed by atoms with Crippen LogP contribution in [0.25, 0.3) is 0 Å². The van der Waals surface area contributed by atoms with Gasteiger partial charge in [-0.05, 0) is 13.5 Å². The summed E-state index contributed by atoms with van der Waals surface area (Å²) in [6.07, 6.45) is 5.52. The van der Waals surface area contributed by atoms with Gasteiger partial charge in [-0.1, -0.05) is 6.58 Å². The van der Waals surface area contributed by atoms with Crippen molar-refractivity contribution in [1.82, 2.24) is 0 Å². The lowest BCUT2D eigenvalue weighted by Gasteiger charge is -1.99. The molecule has 1 heterocycles. The number of nitrogens with zero attached hydrogens (tertiary/aromatic N) is 1. The molecule has 52 valence electrons. The molecule has 1 atom stereocenters. The van der Waals surface area contributed by atoms with Gasteiger partial charge in [0.15, 0.2) is 0 Å². The second kappa shape index (κ2) is 2.62. The third-order valence-electron chi connectivity index (χ3n) is 1.37. The van der Waals surface area contributed by atoms with Crippen LogP contribution < -0.4 is 4.90 Å². The Hall–Kier alpha value is -1.15. The topological polar surface area (TPSA) is 16.8 Å². The molecule has 0 amide bonds. The molecule has 0 saturated carbocycles. The van der Waals surface area contributed by atoms with Crippen molar-refractivity contribution in [2.45, 2.75) is 6.92 Å². The molecule has 10 heavy (non-hydrogen) atoms. The predicted octanol–water partition coefficient (Wildman–Crippen LogP) is 0.474. The maximum Gasteiger partial charge on any atom is 0.234 e. The van der Waals surface area contributed by atoms with Crippen molar-refractivity contribution in [2.24, 2.45) is 4.99 Å². The van der Waals surface area contributed by atoms with Gasteiger partial charge < -0.3 is 0 Å². The largest absolute Gasteiger partial charge is 0.234 e. The molecular weight excluding hydrogens is 124 g/mol. The van der Waals surface area contributed by atoms with Crippen LogP contribution in [0.2, 0.25) is 0 Å². The first-order chi connectivity index (χ1) is 4.77. The number of allylic oxidation sites excluding steroid dienone is 1. The first kappa shape index (κ1) is 6.96. The summed E-state index contributed by atoms with van der Waals surface area (Å²) < 4.78 is 0. The van der Waals surface area contributed by atoms with Crippen LogP contribution in [-0.2, 0) is 0 Å². The number of aliphatic imine (C=N–C) groups is 1. The second-order valence-corrected chi connectivity index (χ2v) is 2.15. The van der Waals surface area contributed by atoms with Crippen molar-refractivity contribution in [3.8, 4) is 0 Å². The highest BCUT2D eigenvalue weighted by atomic mass is 15.2. The highest BCUT2D eigenvalue weighted by Gasteiger charge is 2.14. The Kier molecular flexibility index (Phi) is 1.83. The van der Waals surface area contributed by atoms with Crippen LogP contribution >= 0.6 is 0 Å². The van der Waals surface area contributed by atoms with Gasteiger partial charge in [0.05, 0.1) is 11.9 Å². The van der Waals surface area contributed by atoms with Crippen LogP contribution in [0.4, 0.5) is 0 Å². The van der Waals surface area contributed by atoms with Gasteiger partial charge in [0.2, 0.25) is 5.84 Å². The highest BCUT2D eigenvalue weighted by molar-refractivity contribution is 5.87. The summed E-state index contributed by atoms with van der Waals surface area (Å²) in [6, 6.07) is 0. The zero-order valence-electron chi connectivity index (χ0n) is 6.09. The standard InChI is InChI=1S/C8H10N2/c1-4-8-9-7(3)6-10(8)5-2/h4-6H,1-2H2,3H3/p+1. The maximum atomic E-state index is 4.21. The number of hydrogen-bond donors (Lipinski definition) is 1. The number of rotatable bonds is 2. The Balaban J connectivity index is 2.87. The normalized spacial score (nSPS) is 23.5. The van der Waals surface area contributed by atoms with Crippen LogP contribution in [0.3, 0.4) is 0 Å². The number of quaternary nitrogens is 1. The molecule has 0 saturated heterocycles. The van der Waals surface area contributed by atoms with Crippen molar-refractivity contribution >= 4 is 5.84 Å². The zero-order chi connectivity index (χ0) is 7.56. The molecule has 1 aliphatic rings. The molecule has 0 aromatic carbocycles. The molecule has 0 bridgehead atoms. The Morgan fingerprint density at radius 3 is 2.70 bits per heavy atom. The minimum absolute atomic E-state index is 0.924. The predicted molar refractivity (Wildman–Crippen MR) is 42.5 cm³/mol. The van der Waals surface area contributed by atoms with Gasteiger partial charge in [0.1, 0.15) is 6.20 Å². The number of amidine groups is 1.